The summed E-state index contributed by atoms with van der Waals surface area (Å²) in [6, 6.07) is 4.06. The van der Waals surface area contributed by atoms with Gasteiger partial charge in [-0.15, -0.1) is 0 Å². The fourth-order valence-corrected chi connectivity index (χ4v) is 2.89. The van der Waals surface area contributed by atoms with Crippen LogP contribution in [0.25, 0.3) is 0 Å². The lowest BCUT2D eigenvalue weighted by molar-refractivity contribution is -0.132. The van der Waals surface area contributed by atoms with E-state index in [9.17, 15) is 9.59 Å². The van der Waals surface area contributed by atoms with E-state index in [4.69, 9.17) is 0 Å². The molecule has 2 rings (SSSR count). The fourth-order valence-electron chi connectivity index (χ4n) is 2.89. The van der Waals surface area contributed by atoms with Crippen LogP contribution >= 0.6 is 0 Å². The van der Waals surface area contributed by atoms with Crippen LogP contribution in [0.4, 0.5) is 0 Å². The average molecular weight is 302 g/mol. The van der Waals surface area contributed by atoms with Crippen LogP contribution < -0.4 is 0 Å². The minimum absolute atomic E-state index is 0.0863. The van der Waals surface area contributed by atoms with E-state index in [2.05, 4.69) is 13.0 Å². The van der Waals surface area contributed by atoms with Gasteiger partial charge in [-0.1, -0.05) is 13.0 Å². The van der Waals surface area contributed by atoms with Gasteiger partial charge in [0.05, 0.1) is 0 Å². The summed E-state index contributed by atoms with van der Waals surface area (Å²) in [5.41, 5.74) is 4.17. The molecule has 120 valence electrons. The molecule has 0 bridgehead atoms. The van der Waals surface area contributed by atoms with E-state index in [-0.39, 0.29) is 11.8 Å². The molecule has 1 aliphatic rings. The smallest absolute Gasteiger partial charge is 0.254 e. The normalized spacial score (nSPS) is 15.1. The van der Waals surface area contributed by atoms with Crippen molar-refractivity contribution in [3.63, 3.8) is 0 Å². The van der Waals surface area contributed by atoms with Crippen LogP contribution in [0.5, 0.6) is 0 Å². The zero-order valence-corrected chi connectivity index (χ0v) is 14.1. The molecule has 0 aliphatic carbocycles. The SMILES string of the molecule is CCCC(=O)N1CCN(C(=O)c2cc(C)c(C)cc2C)CC1. The molecule has 4 heteroatoms. The molecule has 1 aromatic rings. The van der Waals surface area contributed by atoms with E-state index < -0.39 is 0 Å². The molecule has 0 N–H and O–H groups in total. The summed E-state index contributed by atoms with van der Waals surface area (Å²) in [5, 5.41) is 0. The second kappa shape index (κ2) is 6.95. The van der Waals surface area contributed by atoms with Crippen LogP contribution in [0.1, 0.15) is 46.8 Å². The fraction of sp³-hybridized carbons (Fsp3) is 0.556. The van der Waals surface area contributed by atoms with Crippen LogP contribution in [0.2, 0.25) is 0 Å². The molecule has 0 saturated carbocycles. The summed E-state index contributed by atoms with van der Waals surface area (Å²) in [6.07, 6.45) is 1.48. The van der Waals surface area contributed by atoms with E-state index in [0.29, 0.717) is 32.6 Å². The Morgan fingerprint density at radius 2 is 1.45 bits per heavy atom. The van der Waals surface area contributed by atoms with Gasteiger partial charge in [0.25, 0.3) is 5.91 Å². The van der Waals surface area contributed by atoms with E-state index >= 15 is 0 Å². The molecule has 4 nitrogen and oxygen atoms in total. The number of benzene rings is 1. The lowest BCUT2D eigenvalue weighted by atomic mass is 10.00. The van der Waals surface area contributed by atoms with E-state index in [0.717, 1.165) is 23.1 Å². The maximum Gasteiger partial charge on any atom is 0.254 e. The maximum atomic E-state index is 12.7. The highest BCUT2D eigenvalue weighted by atomic mass is 16.2. The quantitative estimate of drug-likeness (QED) is 0.861. The van der Waals surface area contributed by atoms with Gasteiger partial charge in [0.15, 0.2) is 0 Å². The Morgan fingerprint density at radius 3 is 2.05 bits per heavy atom. The first-order chi connectivity index (χ1) is 10.4. The summed E-state index contributed by atoms with van der Waals surface area (Å²) in [6.45, 7) is 10.6. The molecule has 0 aromatic heterocycles. The summed E-state index contributed by atoms with van der Waals surface area (Å²) in [4.78, 5) is 28.4. The Morgan fingerprint density at radius 1 is 0.909 bits per heavy atom. The largest absolute Gasteiger partial charge is 0.339 e. The Kier molecular flexibility index (Phi) is 5.22. The van der Waals surface area contributed by atoms with Crippen LogP contribution in [0.15, 0.2) is 12.1 Å². The molecular formula is C18H26N2O2. The standard InChI is InChI=1S/C18H26N2O2/c1-5-6-17(21)19-7-9-20(10-8-19)18(22)16-12-14(3)13(2)11-15(16)4/h11-12H,5-10H2,1-4H3. The predicted molar refractivity (Wildman–Crippen MR) is 88.0 cm³/mol. The van der Waals surface area contributed by atoms with Crippen LogP contribution in [-0.2, 0) is 4.79 Å². The van der Waals surface area contributed by atoms with Gasteiger partial charge in [-0.05, 0) is 49.9 Å². The van der Waals surface area contributed by atoms with Gasteiger partial charge >= 0.3 is 0 Å². The van der Waals surface area contributed by atoms with Gasteiger partial charge in [-0.3, -0.25) is 9.59 Å². The summed E-state index contributed by atoms with van der Waals surface area (Å²) >= 11 is 0. The second-order valence-electron chi connectivity index (χ2n) is 6.17. The van der Waals surface area contributed by atoms with Gasteiger partial charge in [0.1, 0.15) is 0 Å². The van der Waals surface area contributed by atoms with Gasteiger partial charge in [-0.2, -0.15) is 0 Å². The minimum Gasteiger partial charge on any atom is -0.339 e. The molecule has 2 amide bonds. The Balaban J connectivity index is 2.04. The molecule has 0 unspecified atom stereocenters. The molecule has 0 spiro atoms. The molecule has 1 aromatic carbocycles. The van der Waals surface area contributed by atoms with Crippen LogP contribution in [0, 0.1) is 20.8 Å². The highest BCUT2D eigenvalue weighted by molar-refractivity contribution is 5.96. The first kappa shape index (κ1) is 16.5. The van der Waals surface area contributed by atoms with Crippen LogP contribution in [0.3, 0.4) is 0 Å². The molecule has 1 aliphatic heterocycles. The number of aryl methyl sites for hydroxylation is 3. The van der Waals surface area contributed by atoms with Crippen LogP contribution in [-0.4, -0.2) is 47.8 Å². The predicted octanol–water partition coefficient (Wildman–Crippen LogP) is 2.70. The minimum atomic E-state index is 0.0863. The Labute approximate surface area is 133 Å². The molecule has 0 atom stereocenters. The number of hydrogen-bond acceptors (Lipinski definition) is 2. The Bertz CT molecular complexity index is 573. The monoisotopic (exact) mass is 302 g/mol. The van der Waals surface area contributed by atoms with E-state index in [1.807, 2.05) is 36.6 Å². The highest BCUT2D eigenvalue weighted by Gasteiger charge is 2.25. The van der Waals surface area contributed by atoms with Gasteiger partial charge in [-0.25, -0.2) is 0 Å². The molecule has 22 heavy (non-hydrogen) atoms. The third kappa shape index (κ3) is 3.49. The van der Waals surface area contributed by atoms with Crippen molar-refractivity contribution in [2.45, 2.75) is 40.5 Å². The summed E-state index contributed by atoms with van der Waals surface area (Å²) in [7, 11) is 0. The number of carbonyl (C=O) groups is 2. The van der Waals surface area contributed by atoms with Crippen molar-refractivity contribution in [3.8, 4) is 0 Å². The number of nitrogens with zero attached hydrogens (tertiary/aromatic N) is 2. The number of carbonyl (C=O) groups excluding carboxylic acids is 2. The summed E-state index contributed by atoms with van der Waals surface area (Å²) < 4.78 is 0. The highest BCUT2D eigenvalue weighted by Crippen LogP contribution is 2.18. The van der Waals surface area contributed by atoms with Crippen molar-refractivity contribution in [2.24, 2.45) is 0 Å². The van der Waals surface area contributed by atoms with Crippen molar-refractivity contribution in [3.05, 3.63) is 34.4 Å². The number of rotatable bonds is 3. The van der Waals surface area contributed by atoms with E-state index in [1.54, 1.807) is 0 Å². The third-order valence-corrected chi connectivity index (χ3v) is 4.45. The third-order valence-electron chi connectivity index (χ3n) is 4.45. The number of piperazine rings is 1. The molecule has 0 radical (unpaired) electrons. The number of hydrogen-bond donors (Lipinski definition) is 0. The summed E-state index contributed by atoms with van der Waals surface area (Å²) in [5.74, 6) is 0.292. The lowest BCUT2D eigenvalue weighted by Gasteiger charge is -2.35. The zero-order valence-electron chi connectivity index (χ0n) is 14.1. The molecule has 1 saturated heterocycles. The molecule has 1 fully saturated rings. The Hall–Kier alpha value is -1.84. The number of amides is 2. The van der Waals surface area contributed by atoms with Gasteiger partial charge in [0, 0.05) is 38.2 Å². The van der Waals surface area contributed by atoms with E-state index in [1.165, 1.54) is 5.56 Å². The first-order valence-electron chi connectivity index (χ1n) is 8.09. The van der Waals surface area contributed by atoms with Crippen molar-refractivity contribution < 1.29 is 9.59 Å². The zero-order chi connectivity index (χ0) is 16.3. The lowest BCUT2D eigenvalue weighted by Crippen LogP contribution is -2.50. The molecular weight excluding hydrogens is 276 g/mol. The average Bonchev–Trinajstić information content (AvgIpc) is 2.50. The second-order valence-corrected chi connectivity index (χ2v) is 6.17. The van der Waals surface area contributed by atoms with Crippen molar-refractivity contribution in [1.29, 1.82) is 0 Å². The maximum absolute atomic E-state index is 12.7. The van der Waals surface area contributed by atoms with Crippen molar-refractivity contribution in [1.82, 2.24) is 9.80 Å². The van der Waals surface area contributed by atoms with Crippen molar-refractivity contribution in [2.75, 3.05) is 26.2 Å². The first-order valence-corrected chi connectivity index (χ1v) is 8.09. The van der Waals surface area contributed by atoms with Gasteiger partial charge in [0.2, 0.25) is 5.91 Å². The van der Waals surface area contributed by atoms with Crippen molar-refractivity contribution >= 4 is 11.8 Å². The van der Waals surface area contributed by atoms with Gasteiger partial charge < -0.3 is 9.80 Å². The topological polar surface area (TPSA) is 40.6 Å². The molecule has 1 heterocycles.